The van der Waals surface area contributed by atoms with E-state index in [-0.39, 0.29) is 11.9 Å². The summed E-state index contributed by atoms with van der Waals surface area (Å²) in [7, 11) is 1.33. The summed E-state index contributed by atoms with van der Waals surface area (Å²) in [5, 5.41) is 2.85. The smallest absolute Gasteiger partial charge is 0.337 e. The number of amides is 1. The van der Waals surface area contributed by atoms with E-state index in [0.29, 0.717) is 43.7 Å². The highest BCUT2D eigenvalue weighted by Crippen LogP contribution is 2.37. The minimum absolute atomic E-state index is 0.0962. The van der Waals surface area contributed by atoms with Crippen LogP contribution in [0.15, 0.2) is 54.6 Å². The molecule has 0 aromatic heterocycles. The van der Waals surface area contributed by atoms with E-state index >= 15 is 0 Å². The Morgan fingerprint density at radius 3 is 2.25 bits per heavy atom. The molecule has 7 nitrogen and oxygen atoms in total. The van der Waals surface area contributed by atoms with Gasteiger partial charge in [0.1, 0.15) is 0 Å². The largest absolute Gasteiger partial charge is 0.465 e. The topological polar surface area (TPSA) is 84.9 Å². The monoisotopic (exact) mass is 438 g/mol. The number of rotatable bonds is 8. The molecule has 1 saturated heterocycles. The molecular weight excluding hydrogens is 408 g/mol. The average Bonchev–Trinajstić information content (AvgIpc) is 2.83. The van der Waals surface area contributed by atoms with Gasteiger partial charge in [0.25, 0.3) is 0 Å². The van der Waals surface area contributed by atoms with Gasteiger partial charge in [0, 0.05) is 18.7 Å². The number of benzene rings is 2. The molecule has 1 amide bonds. The van der Waals surface area contributed by atoms with Crippen molar-refractivity contribution in [1.29, 1.82) is 0 Å². The molecule has 7 heteroatoms. The maximum Gasteiger partial charge on any atom is 0.337 e. The van der Waals surface area contributed by atoms with Gasteiger partial charge >= 0.3 is 11.9 Å². The van der Waals surface area contributed by atoms with E-state index in [1.54, 1.807) is 24.3 Å². The minimum atomic E-state index is -0.628. The van der Waals surface area contributed by atoms with Crippen molar-refractivity contribution in [3.63, 3.8) is 0 Å². The lowest BCUT2D eigenvalue weighted by molar-refractivity contribution is -0.152. The maximum atomic E-state index is 12.8. The first kappa shape index (κ1) is 23.5. The lowest BCUT2D eigenvalue weighted by Crippen LogP contribution is -2.48. The van der Waals surface area contributed by atoms with E-state index in [1.807, 2.05) is 37.3 Å². The normalized spacial score (nSPS) is 15.6. The first-order valence-electron chi connectivity index (χ1n) is 10.9. The third-order valence-electron chi connectivity index (χ3n) is 5.95. The standard InChI is InChI=1S/C25H30N2O5/c1-3-32-24(30)25(20-7-5-4-6-8-20)14-17-27(18-15-25)16-13-22(28)26-21-11-9-19(10-12-21)23(29)31-2/h4-12H,3,13-18H2,1-2H3,(H,26,28). The first-order chi connectivity index (χ1) is 15.5. The lowest BCUT2D eigenvalue weighted by atomic mass is 9.72. The molecule has 170 valence electrons. The van der Waals surface area contributed by atoms with Gasteiger partial charge in [0.2, 0.25) is 5.91 Å². The van der Waals surface area contributed by atoms with E-state index in [0.717, 1.165) is 18.7 Å². The molecule has 32 heavy (non-hydrogen) atoms. The molecule has 1 fully saturated rings. The molecule has 0 bridgehead atoms. The van der Waals surface area contributed by atoms with E-state index < -0.39 is 11.4 Å². The zero-order chi connectivity index (χ0) is 23.0. The predicted octanol–water partition coefficient (Wildman–Crippen LogP) is 3.40. The van der Waals surface area contributed by atoms with Crippen molar-refractivity contribution < 1.29 is 23.9 Å². The average molecular weight is 439 g/mol. The molecule has 1 heterocycles. The summed E-state index contributed by atoms with van der Waals surface area (Å²) in [6, 6.07) is 16.4. The van der Waals surface area contributed by atoms with Crippen LogP contribution in [0, 0.1) is 0 Å². The van der Waals surface area contributed by atoms with Gasteiger partial charge in [0.15, 0.2) is 0 Å². The lowest BCUT2D eigenvalue weighted by Gasteiger charge is -2.40. The van der Waals surface area contributed by atoms with Gasteiger partial charge in [-0.1, -0.05) is 30.3 Å². The zero-order valence-corrected chi connectivity index (χ0v) is 18.6. The Hall–Kier alpha value is -3.19. The van der Waals surface area contributed by atoms with Crippen molar-refractivity contribution in [3.05, 3.63) is 65.7 Å². The highest BCUT2D eigenvalue weighted by atomic mass is 16.5. The second-order valence-electron chi connectivity index (χ2n) is 7.88. The fourth-order valence-corrected chi connectivity index (χ4v) is 4.09. The number of methoxy groups -OCH3 is 1. The first-order valence-corrected chi connectivity index (χ1v) is 10.9. The van der Waals surface area contributed by atoms with Gasteiger partial charge in [-0.25, -0.2) is 4.79 Å². The van der Waals surface area contributed by atoms with Crippen molar-refractivity contribution in [2.45, 2.75) is 31.6 Å². The highest BCUT2D eigenvalue weighted by Gasteiger charge is 2.44. The molecule has 1 aliphatic rings. The Kier molecular flexibility index (Phi) is 8.00. The van der Waals surface area contributed by atoms with Gasteiger partial charge in [-0.2, -0.15) is 0 Å². The van der Waals surface area contributed by atoms with Crippen LogP contribution in [0.3, 0.4) is 0 Å². The van der Waals surface area contributed by atoms with Crippen molar-refractivity contribution >= 4 is 23.5 Å². The quantitative estimate of drug-likeness (QED) is 0.636. The van der Waals surface area contributed by atoms with Crippen molar-refractivity contribution in [1.82, 2.24) is 4.90 Å². The zero-order valence-electron chi connectivity index (χ0n) is 18.6. The van der Waals surface area contributed by atoms with Gasteiger partial charge in [-0.05, 0) is 62.7 Å². The number of piperidine rings is 1. The number of anilines is 1. The number of nitrogens with one attached hydrogen (secondary N) is 1. The molecule has 0 spiro atoms. The van der Waals surface area contributed by atoms with Crippen LogP contribution in [-0.2, 0) is 24.5 Å². The second kappa shape index (κ2) is 10.9. The Bertz CT molecular complexity index is 919. The van der Waals surface area contributed by atoms with Crippen molar-refractivity contribution in [2.75, 3.05) is 38.7 Å². The van der Waals surface area contributed by atoms with Gasteiger partial charge in [-0.15, -0.1) is 0 Å². The summed E-state index contributed by atoms with van der Waals surface area (Å²) < 4.78 is 10.1. The number of carbonyl (C=O) groups is 3. The number of hydrogen-bond acceptors (Lipinski definition) is 6. The van der Waals surface area contributed by atoms with Gasteiger partial charge in [-0.3, -0.25) is 9.59 Å². The number of ether oxygens (including phenoxy) is 2. The molecule has 3 rings (SSSR count). The summed E-state index contributed by atoms with van der Waals surface area (Å²) in [5.41, 5.74) is 1.43. The Labute approximate surface area is 188 Å². The molecule has 0 aliphatic carbocycles. The Balaban J connectivity index is 1.53. The van der Waals surface area contributed by atoms with E-state index in [4.69, 9.17) is 4.74 Å². The minimum Gasteiger partial charge on any atom is -0.465 e. The summed E-state index contributed by atoms with van der Waals surface area (Å²) in [6.45, 7) is 4.23. The van der Waals surface area contributed by atoms with Crippen LogP contribution in [0.2, 0.25) is 0 Å². The molecule has 1 aliphatic heterocycles. The number of carbonyl (C=O) groups excluding carboxylic acids is 3. The van der Waals surface area contributed by atoms with E-state index in [1.165, 1.54) is 7.11 Å². The third-order valence-corrected chi connectivity index (χ3v) is 5.95. The Morgan fingerprint density at radius 1 is 1.00 bits per heavy atom. The van der Waals surface area contributed by atoms with E-state index in [9.17, 15) is 14.4 Å². The molecular formula is C25H30N2O5. The van der Waals surface area contributed by atoms with E-state index in [2.05, 4.69) is 15.0 Å². The summed E-state index contributed by atoms with van der Waals surface area (Å²) in [5.74, 6) is -0.678. The summed E-state index contributed by atoms with van der Waals surface area (Å²) >= 11 is 0. The predicted molar refractivity (Wildman–Crippen MR) is 121 cm³/mol. The van der Waals surface area contributed by atoms with Crippen LogP contribution >= 0.6 is 0 Å². The summed E-state index contributed by atoms with van der Waals surface area (Å²) in [6.07, 6.45) is 1.66. The van der Waals surface area contributed by atoms with Crippen LogP contribution in [0.4, 0.5) is 5.69 Å². The third kappa shape index (κ3) is 5.53. The Morgan fingerprint density at radius 2 is 1.66 bits per heavy atom. The molecule has 2 aromatic rings. The molecule has 0 unspecified atom stereocenters. The molecule has 0 radical (unpaired) electrons. The van der Waals surface area contributed by atoms with Crippen LogP contribution in [0.25, 0.3) is 0 Å². The second-order valence-corrected chi connectivity index (χ2v) is 7.88. The van der Waals surface area contributed by atoms with Crippen LogP contribution in [0.5, 0.6) is 0 Å². The fourth-order valence-electron chi connectivity index (χ4n) is 4.09. The molecule has 0 atom stereocenters. The van der Waals surface area contributed by atoms with Gasteiger partial charge in [0.05, 0.1) is 24.7 Å². The van der Waals surface area contributed by atoms with Crippen LogP contribution in [-0.4, -0.2) is 56.1 Å². The summed E-state index contributed by atoms with van der Waals surface area (Å²) in [4.78, 5) is 38.9. The molecule has 1 N–H and O–H groups in total. The van der Waals surface area contributed by atoms with Crippen molar-refractivity contribution in [3.8, 4) is 0 Å². The highest BCUT2D eigenvalue weighted by molar-refractivity contribution is 5.93. The number of likely N-dealkylation sites (tertiary alicyclic amines) is 1. The van der Waals surface area contributed by atoms with Crippen LogP contribution < -0.4 is 5.32 Å². The molecule has 0 saturated carbocycles. The maximum absolute atomic E-state index is 12.8. The fraction of sp³-hybridized carbons (Fsp3) is 0.400. The van der Waals surface area contributed by atoms with Crippen molar-refractivity contribution in [2.24, 2.45) is 0 Å². The number of esters is 2. The van der Waals surface area contributed by atoms with Crippen LogP contribution in [0.1, 0.15) is 42.1 Å². The van der Waals surface area contributed by atoms with Gasteiger partial charge < -0.3 is 19.7 Å². The number of hydrogen-bond donors (Lipinski definition) is 1. The molecule has 2 aromatic carbocycles. The number of nitrogens with zero attached hydrogens (tertiary/aromatic N) is 1. The SMILES string of the molecule is CCOC(=O)C1(c2ccccc2)CCN(CCC(=O)Nc2ccc(C(=O)OC)cc2)CC1.